The number of hydrogen-bond acceptors (Lipinski definition) is 4. The Kier molecular flexibility index (Phi) is 2.57. The van der Waals surface area contributed by atoms with Crippen molar-refractivity contribution < 1.29 is 0 Å². The molecule has 2 N–H and O–H groups in total. The first-order valence-corrected chi connectivity index (χ1v) is 4.55. The molecule has 0 amide bonds. The SMILES string of the molecule is CC(C)(C)Sc1cncc(N)n1. The lowest BCUT2D eigenvalue weighted by Crippen LogP contribution is -2.07. The maximum Gasteiger partial charge on any atom is 0.143 e. The molecule has 0 saturated heterocycles. The van der Waals surface area contributed by atoms with Gasteiger partial charge in [0.25, 0.3) is 0 Å². The van der Waals surface area contributed by atoms with E-state index in [4.69, 9.17) is 5.73 Å². The summed E-state index contributed by atoms with van der Waals surface area (Å²) in [6, 6.07) is 0. The van der Waals surface area contributed by atoms with Crippen LogP contribution in [0.1, 0.15) is 20.8 Å². The molecule has 0 spiro atoms. The molecule has 1 aromatic rings. The van der Waals surface area contributed by atoms with Gasteiger partial charge in [-0.1, -0.05) is 32.5 Å². The molecule has 1 aromatic heterocycles. The summed E-state index contributed by atoms with van der Waals surface area (Å²) in [6.45, 7) is 6.38. The minimum absolute atomic E-state index is 0.155. The second kappa shape index (κ2) is 3.31. The Hall–Kier alpha value is -0.770. The number of thioether (sulfide) groups is 1. The van der Waals surface area contributed by atoms with Crippen molar-refractivity contribution in [1.29, 1.82) is 0 Å². The molecule has 0 aliphatic rings. The van der Waals surface area contributed by atoms with Gasteiger partial charge in [0.2, 0.25) is 0 Å². The van der Waals surface area contributed by atoms with Gasteiger partial charge < -0.3 is 5.73 Å². The fraction of sp³-hybridized carbons (Fsp3) is 0.500. The summed E-state index contributed by atoms with van der Waals surface area (Å²) >= 11 is 1.66. The van der Waals surface area contributed by atoms with Crippen LogP contribution >= 0.6 is 11.8 Å². The fourth-order valence-corrected chi connectivity index (χ4v) is 1.62. The van der Waals surface area contributed by atoms with Crippen molar-refractivity contribution in [2.75, 3.05) is 5.73 Å². The molecule has 12 heavy (non-hydrogen) atoms. The van der Waals surface area contributed by atoms with Crippen molar-refractivity contribution in [1.82, 2.24) is 9.97 Å². The van der Waals surface area contributed by atoms with Gasteiger partial charge in [0, 0.05) is 4.75 Å². The Balaban J connectivity index is 2.77. The molecule has 0 aliphatic carbocycles. The van der Waals surface area contributed by atoms with Gasteiger partial charge >= 0.3 is 0 Å². The van der Waals surface area contributed by atoms with E-state index in [-0.39, 0.29) is 4.75 Å². The zero-order valence-corrected chi connectivity index (χ0v) is 8.35. The Morgan fingerprint density at radius 2 is 2.00 bits per heavy atom. The summed E-state index contributed by atoms with van der Waals surface area (Å²) in [7, 11) is 0. The van der Waals surface area contributed by atoms with Crippen LogP contribution in [0.3, 0.4) is 0 Å². The summed E-state index contributed by atoms with van der Waals surface area (Å²) in [5, 5.41) is 0.877. The van der Waals surface area contributed by atoms with E-state index < -0.39 is 0 Å². The predicted octanol–water partition coefficient (Wildman–Crippen LogP) is 1.95. The lowest BCUT2D eigenvalue weighted by atomic mass is 10.3. The summed E-state index contributed by atoms with van der Waals surface area (Å²) in [5.41, 5.74) is 5.49. The van der Waals surface area contributed by atoms with E-state index >= 15 is 0 Å². The lowest BCUT2D eigenvalue weighted by molar-refractivity contribution is 0.798. The van der Waals surface area contributed by atoms with Crippen LogP contribution in [0.4, 0.5) is 5.82 Å². The van der Waals surface area contributed by atoms with E-state index in [1.54, 1.807) is 24.2 Å². The van der Waals surface area contributed by atoms with Gasteiger partial charge in [-0.15, -0.1) is 0 Å². The summed E-state index contributed by atoms with van der Waals surface area (Å²) in [5.74, 6) is 0.476. The lowest BCUT2D eigenvalue weighted by Gasteiger charge is -2.16. The normalized spacial score (nSPS) is 11.6. The molecule has 3 nitrogen and oxygen atoms in total. The zero-order valence-electron chi connectivity index (χ0n) is 7.53. The van der Waals surface area contributed by atoms with Gasteiger partial charge in [-0.2, -0.15) is 0 Å². The predicted molar refractivity (Wildman–Crippen MR) is 52.1 cm³/mol. The third-order valence-corrected chi connectivity index (χ3v) is 2.06. The smallest absolute Gasteiger partial charge is 0.143 e. The monoisotopic (exact) mass is 183 g/mol. The second-order valence-corrected chi connectivity index (χ2v) is 5.34. The van der Waals surface area contributed by atoms with Crippen molar-refractivity contribution in [3.63, 3.8) is 0 Å². The van der Waals surface area contributed by atoms with Crippen molar-refractivity contribution in [2.45, 2.75) is 30.5 Å². The van der Waals surface area contributed by atoms with E-state index in [1.165, 1.54) is 0 Å². The standard InChI is InChI=1S/C8H13N3S/c1-8(2,3)12-7-5-10-4-6(9)11-7/h4-5H,1-3H3,(H2,9,11). The average Bonchev–Trinajstić information content (AvgIpc) is 1.82. The van der Waals surface area contributed by atoms with E-state index in [2.05, 4.69) is 30.7 Å². The van der Waals surface area contributed by atoms with Gasteiger partial charge in [0.05, 0.1) is 12.4 Å². The van der Waals surface area contributed by atoms with Crippen LogP contribution in [-0.4, -0.2) is 14.7 Å². The zero-order chi connectivity index (χ0) is 9.19. The largest absolute Gasteiger partial charge is 0.382 e. The Morgan fingerprint density at radius 1 is 1.33 bits per heavy atom. The molecule has 1 rings (SSSR count). The highest BCUT2D eigenvalue weighted by atomic mass is 32.2. The summed E-state index contributed by atoms with van der Waals surface area (Å²) < 4.78 is 0.155. The van der Waals surface area contributed by atoms with Gasteiger partial charge in [0.15, 0.2) is 0 Å². The van der Waals surface area contributed by atoms with Crippen LogP contribution in [0.2, 0.25) is 0 Å². The minimum atomic E-state index is 0.155. The average molecular weight is 183 g/mol. The molecular formula is C8H13N3S. The third-order valence-electron chi connectivity index (χ3n) is 1.04. The summed E-state index contributed by atoms with van der Waals surface area (Å²) in [4.78, 5) is 8.10. The van der Waals surface area contributed by atoms with E-state index in [1.807, 2.05) is 0 Å². The molecule has 0 fully saturated rings. The topological polar surface area (TPSA) is 51.8 Å². The molecule has 0 atom stereocenters. The fourth-order valence-electron chi connectivity index (χ4n) is 0.725. The number of hydrogen-bond donors (Lipinski definition) is 1. The highest BCUT2D eigenvalue weighted by Crippen LogP contribution is 2.29. The number of rotatable bonds is 1. The first-order chi connectivity index (χ1) is 5.47. The maximum absolute atomic E-state index is 5.49. The van der Waals surface area contributed by atoms with Crippen LogP contribution in [0.25, 0.3) is 0 Å². The molecule has 0 saturated carbocycles. The Bertz CT molecular complexity index is 267. The van der Waals surface area contributed by atoms with Crippen molar-refractivity contribution >= 4 is 17.6 Å². The first kappa shape index (κ1) is 9.32. The van der Waals surface area contributed by atoms with Crippen molar-refractivity contribution in [3.05, 3.63) is 12.4 Å². The van der Waals surface area contributed by atoms with E-state index in [0.717, 1.165) is 5.03 Å². The van der Waals surface area contributed by atoms with Crippen LogP contribution in [0.5, 0.6) is 0 Å². The molecule has 4 heteroatoms. The first-order valence-electron chi connectivity index (χ1n) is 3.74. The van der Waals surface area contributed by atoms with Crippen LogP contribution in [0.15, 0.2) is 17.4 Å². The van der Waals surface area contributed by atoms with Gasteiger partial charge in [-0.05, 0) is 0 Å². The molecule has 0 bridgehead atoms. The van der Waals surface area contributed by atoms with Gasteiger partial charge in [0.1, 0.15) is 10.8 Å². The minimum Gasteiger partial charge on any atom is -0.382 e. The number of nitrogens with two attached hydrogens (primary N) is 1. The second-order valence-electron chi connectivity index (χ2n) is 3.50. The van der Waals surface area contributed by atoms with Crippen molar-refractivity contribution in [3.8, 4) is 0 Å². The van der Waals surface area contributed by atoms with Crippen LogP contribution in [-0.2, 0) is 0 Å². The Labute approximate surface area is 76.8 Å². The number of nitrogens with zero attached hydrogens (tertiary/aromatic N) is 2. The molecule has 66 valence electrons. The molecule has 0 aromatic carbocycles. The molecular weight excluding hydrogens is 170 g/mol. The molecule has 0 radical (unpaired) electrons. The number of nitrogen functional groups attached to an aromatic ring is 1. The highest BCUT2D eigenvalue weighted by Gasteiger charge is 2.12. The number of anilines is 1. The van der Waals surface area contributed by atoms with Crippen molar-refractivity contribution in [2.24, 2.45) is 0 Å². The Morgan fingerprint density at radius 3 is 2.50 bits per heavy atom. The quantitative estimate of drug-likeness (QED) is 0.676. The highest BCUT2D eigenvalue weighted by molar-refractivity contribution is 8.00. The van der Waals surface area contributed by atoms with E-state index in [0.29, 0.717) is 5.82 Å². The van der Waals surface area contributed by atoms with Crippen LogP contribution < -0.4 is 5.73 Å². The maximum atomic E-state index is 5.49. The molecule has 0 unspecified atom stereocenters. The molecule has 1 heterocycles. The number of aromatic nitrogens is 2. The van der Waals surface area contributed by atoms with Gasteiger partial charge in [-0.25, -0.2) is 4.98 Å². The van der Waals surface area contributed by atoms with E-state index in [9.17, 15) is 0 Å². The van der Waals surface area contributed by atoms with Crippen LogP contribution in [0, 0.1) is 0 Å². The summed E-state index contributed by atoms with van der Waals surface area (Å²) in [6.07, 6.45) is 3.28. The third kappa shape index (κ3) is 3.09. The van der Waals surface area contributed by atoms with Gasteiger partial charge in [-0.3, -0.25) is 4.98 Å². The molecule has 0 aliphatic heterocycles.